The first-order valence-electron chi connectivity index (χ1n) is 10.4. The third kappa shape index (κ3) is 5.75. The molecule has 158 valence electrons. The van der Waals surface area contributed by atoms with Crippen LogP contribution >= 0.6 is 24.0 Å². The third-order valence-electron chi connectivity index (χ3n) is 5.30. The average Bonchev–Trinajstić information content (AvgIpc) is 3.05. The van der Waals surface area contributed by atoms with Crippen LogP contribution < -0.4 is 4.74 Å². The van der Waals surface area contributed by atoms with E-state index < -0.39 is 0 Å². The molecule has 1 aliphatic heterocycles. The average molecular weight is 448 g/mol. The number of ether oxygens (including phenoxy) is 1. The maximum absolute atomic E-state index is 12.9. The smallest absolute Gasteiger partial charge is 0.241 e. The van der Waals surface area contributed by atoms with E-state index in [0.29, 0.717) is 23.9 Å². The number of hydrogen-bond donors (Lipinski definition) is 0. The van der Waals surface area contributed by atoms with Gasteiger partial charge in [0.25, 0.3) is 0 Å². The van der Waals surface area contributed by atoms with Crippen molar-refractivity contribution in [3.05, 3.63) is 101 Å². The van der Waals surface area contributed by atoms with Gasteiger partial charge in [-0.1, -0.05) is 96.3 Å². The Morgan fingerprint density at radius 2 is 1.68 bits per heavy atom. The summed E-state index contributed by atoms with van der Waals surface area (Å²) in [7, 11) is 0. The predicted molar refractivity (Wildman–Crippen MR) is 131 cm³/mol. The summed E-state index contributed by atoms with van der Waals surface area (Å²) in [5, 5.41) is -0.151. The molecule has 0 spiro atoms. The van der Waals surface area contributed by atoms with Crippen molar-refractivity contribution in [2.45, 2.75) is 31.6 Å². The third-order valence-corrected chi connectivity index (χ3v) is 6.89. The van der Waals surface area contributed by atoms with E-state index in [-0.39, 0.29) is 11.2 Å². The second kappa shape index (κ2) is 10.1. The Balaban J connectivity index is 1.30. The van der Waals surface area contributed by atoms with Gasteiger partial charge in [0.1, 0.15) is 16.7 Å². The molecule has 1 aliphatic rings. The molecule has 0 aromatic heterocycles. The van der Waals surface area contributed by atoms with E-state index in [4.69, 9.17) is 17.0 Å². The van der Waals surface area contributed by atoms with Gasteiger partial charge in [-0.3, -0.25) is 9.69 Å². The van der Waals surface area contributed by atoms with Crippen LogP contribution in [0.15, 0.2) is 78.9 Å². The molecule has 3 aromatic rings. The lowest BCUT2D eigenvalue weighted by Gasteiger charge is -2.15. The summed E-state index contributed by atoms with van der Waals surface area (Å²) in [4.78, 5) is 14.6. The fraction of sp³-hybridized carbons (Fsp3) is 0.231. The largest absolute Gasteiger partial charge is 0.489 e. The highest BCUT2D eigenvalue weighted by molar-refractivity contribution is 8.24. The van der Waals surface area contributed by atoms with Gasteiger partial charge in [-0.05, 0) is 48.6 Å². The van der Waals surface area contributed by atoms with Gasteiger partial charge in [0.2, 0.25) is 5.91 Å². The summed E-state index contributed by atoms with van der Waals surface area (Å²) in [5.74, 6) is 0.946. The van der Waals surface area contributed by atoms with Crippen LogP contribution in [0.2, 0.25) is 0 Å². The molecular formula is C26H25NO2S2. The van der Waals surface area contributed by atoms with Crippen molar-refractivity contribution in [3.63, 3.8) is 0 Å². The van der Waals surface area contributed by atoms with Crippen LogP contribution in [0.25, 0.3) is 0 Å². The summed E-state index contributed by atoms with van der Waals surface area (Å²) >= 11 is 6.99. The number of aryl methyl sites for hydroxylation is 1. The first-order chi connectivity index (χ1) is 15.1. The van der Waals surface area contributed by atoms with Gasteiger partial charge in [0, 0.05) is 6.54 Å². The molecule has 1 atom stereocenters. The fourth-order valence-electron chi connectivity index (χ4n) is 3.62. The van der Waals surface area contributed by atoms with Crippen LogP contribution in [0.1, 0.15) is 22.3 Å². The summed E-state index contributed by atoms with van der Waals surface area (Å²) in [6.45, 7) is 3.26. The summed E-state index contributed by atoms with van der Waals surface area (Å²) < 4.78 is 6.58. The van der Waals surface area contributed by atoms with Crippen LogP contribution in [-0.2, 0) is 24.2 Å². The van der Waals surface area contributed by atoms with Crippen molar-refractivity contribution >= 4 is 34.2 Å². The zero-order chi connectivity index (χ0) is 21.6. The predicted octanol–water partition coefficient (Wildman–Crippen LogP) is 5.59. The van der Waals surface area contributed by atoms with Crippen molar-refractivity contribution < 1.29 is 9.53 Å². The van der Waals surface area contributed by atoms with Gasteiger partial charge in [-0.2, -0.15) is 0 Å². The van der Waals surface area contributed by atoms with E-state index in [1.807, 2.05) is 48.5 Å². The molecule has 31 heavy (non-hydrogen) atoms. The second-order valence-corrected chi connectivity index (χ2v) is 9.56. The molecular weight excluding hydrogens is 422 g/mol. The van der Waals surface area contributed by atoms with Crippen molar-refractivity contribution in [3.8, 4) is 5.75 Å². The lowest BCUT2D eigenvalue weighted by molar-refractivity contribution is -0.126. The molecule has 0 saturated carbocycles. The zero-order valence-corrected chi connectivity index (χ0v) is 19.1. The molecule has 3 nitrogen and oxygen atoms in total. The van der Waals surface area contributed by atoms with Gasteiger partial charge >= 0.3 is 0 Å². The minimum Gasteiger partial charge on any atom is -0.489 e. The van der Waals surface area contributed by atoms with Crippen molar-refractivity contribution in [1.29, 1.82) is 0 Å². The highest BCUT2D eigenvalue weighted by atomic mass is 32.2. The molecule has 5 heteroatoms. The van der Waals surface area contributed by atoms with Gasteiger partial charge in [-0.15, -0.1) is 0 Å². The van der Waals surface area contributed by atoms with Crippen LogP contribution in [0.3, 0.4) is 0 Å². The zero-order valence-electron chi connectivity index (χ0n) is 17.5. The number of rotatable bonds is 8. The van der Waals surface area contributed by atoms with Gasteiger partial charge in [0.05, 0.1) is 5.25 Å². The minimum absolute atomic E-state index is 0.116. The molecule has 0 N–H and O–H groups in total. The summed E-state index contributed by atoms with van der Waals surface area (Å²) in [6.07, 6.45) is 1.48. The van der Waals surface area contributed by atoms with Gasteiger partial charge in [0.15, 0.2) is 0 Å². The lowest BCUT2D eigenvalue weighted by Crippen LogP contribution is -2.33. The van der Waals surface area contributed by atoms with Crippen molar-refractivity contribution in [2.75, 3.05) is 6.54 Å². The molecule has 3 aromatic carbocycles. The van der Waals surface area contributed by atoms with E-state index in [1.54, 1.807) is 4.90 Å². The first-order valence-corrected chi connectivity index (χ1v) is 11.7. The Kier molecular flexibility index (Phi) is 7.05. The Labute approximate surface area is 193 Å². The molecule has 4 rings (SSSR count). The number of thioether (sulfide) groups is 1. The normalized spacial score (nSPS) is 16.0. The van der Waals surface area contributed by atoms with Crippen molar-refractivity contribution in [2.24, 2.45) is 0 Å². The molecule has 1 fully saturated rings. The van der Waals surface area contributed by atoms with E-state index in [9.17, 15) is 4.79 Å². The molecule has 0 bridgehead atoms. The van der Waals surface area contributed by atoms with E-state index in [1.165, 1.54) is 22.9 Å². The number of carbonyl (C=O) groups excluding carboxylic acids is 1. The second-order valence-electron chi connectivity index (χ2n) is 7.72. The highest BCUT2D eigenvalue weighted by Crippen LogP contribution is 2.30. The molecule has 0 aliphatic carbocycles. The van der Waals surface area contributed by atoms with Crippen LogP contribution in [0.5, 0.6) is 5.75 Å². The lowest BCUT2D eigenvalue weighted by atomic mass is 10.1. The topological polar surface area (TPSA) is 29.5 Å². The minimum atomic E-state index is -0.151. The monoisotopic (exact) mass is 447 g/mol. The molecule has 0 radical (unpaired) electrons. The van der Waals surface area contributed by atoms with E-state index in [0.717, 1.165) is 23.3 Å². The molecule has 1 amide bonds. The van der Waals surface area contributed by atoms with Crippen LogP contribution in [0, 0.1) is 6.92 Å². The van der Waals surface area contributed by atoms with E-state index in [2.05, 4.69) is 37.3 Å². The SMILES string of the molecule is Cc1cccc(COc2ccc(C[C@@H]3SC(=S)N(CCc4ccccc4)C3=O)cc2)c1. The Morgan fingerprint density at radius 1 is 0.935 bits per heavy atom. The fourth-order valence-corrected chi connectivity index (χ4v) is 5.21. The summed E-state index contributed by atoms with van der Waals surface area (Å²) in [6, 6.07) is 26.5. The molecule has 1 saturated heterocycles. The molecule has 0 unspecified atom stereocenters. The number of thiocarbonyl (C=S) groups is 1. The van der Waals surface area contributed by atoms with E-state index >= 15 is 0 Å². The quantitative estimate of drug-likeness (QED) is 0.421. The standard InChI is InChI=1S/C26H25NO2S2/c1-19-6-5-9-22(16-19)18-29-23-12-10-21(11-13-23)17-24-25(28)27(26(30)31-24)15-14-20-7-3-2-4-8-20/h2-13,16,24H,14-15,17-18H2,1H3/t24-/m0/s1. The Hall–Kier alpha value is -2.63. The van der Waals surface area contributed by atoms with Gasteiger partial charge in [-0.25, -0.2) is 0 Å². The number of benzene rings is 3. The van der Waals surface area contributed by atoms with Crippen molar-refractivity contribution in [1.82, 2.24) is 4.90 Å². The number of nitrogens with zero attached hydrogens (tertiary/aromatic N) is 1. The Morgan fingerprint density at radius 3 is 2.42 bits per heavy atom. The maximum Gasteiger partial charge on any atom is 0.241 e. The first kappa shape index (κ1) is 21.6. The molecule has 1 heterocycles. The number of amides is 1. The maximum atomic E-state index is 12.9. The van der Waals surface area contributed by atoms with Crippen LogP contribution in [-0.4, -0.2) is 26.9 Å². The van der Waals surface area contributed by atoms with Gasteiger partial charge < -0.3 is 4.74 Å². The van der Waals surface area contributed by atoms with Crippen LogP contribution in [0.4, 0.5) is 0 Å². The highest BCUT2D eigenvalue weighted by Gasteiger charge is 2.36. The number of hydrogen-bond acceptors (Lipinski definition) is 4. The number of carbonyl (C=O) groups is 1. The Bertz CT molecular complexity index is 1050. The summed E-state index contributed by atoms with van der Waals surface area (Å²) in [5.41, 5.74) is 4.71.